The molecular weight excluding hydrogens is 154 g/mol. The average molecular weight is 169 g/mol. The molecule has 0 fully saturated rings. The first kappa shape index (κ1) is 9.22. The highest BCUT2D eigenvalue weighted by atomic mass is 16.3. The van der Waals surface area contributed by atoms with Crippen molar-refractivity contribution in [1.29, 1.82) is 0 Å². The first-order valence-corrected chi connectivity index (χ1v) is 4.09. The van der Waals surface area contributed by atoms with Gasteiger partial charge in [0.15, 0.2) is 0 Å². The van der Waals surface area contributed by atoms with Crippen LogP contribution in [0.1, 0.15) is 12.1 Å². The third kappa shape index (κ3) is 2.32. The minimum atomic E-state index is -0.389. The maximum atomic E-state index is 9.19. The predicted octanol–water partition coefficient (Wildman–Crippen LogP) is -0.328. The number of hydrogen-bond donors (Lipinski definition) is 2. The summed E-state index contributed by atoms with van der Waals surface area (Å²) in [6.45, 7) is 0.331. The fourth-order valence-corrected chi connectivity index (χ4v) is 1.08. The van der Waals surface area contributed by atoms with E-state index in [1.807, 2.05) is 17.8 Å². The third-order valence-corrected chi connectivity index (χ3v) is 1.93. The molecule has 0 radical (unpaired) electrons. The lowest BCUT2D eigenvalue weighted by Gasteiger charge is -2.06. The minimum Gasteiger partial charge on any atom is -0.392 e. The molecule has 4 nitrogen and oxygen atoms in total. The number of aliphatic hydroxyl groups is 1. The van der Waals surface area contributed by atoms with E-state index in [4.69, 9.17) is 5.73 Å². The van der Waals surface area contributed by atoms with Gasteiger partial charge >= 0.3 is 0 Å². The van der Waals surface area contributed by atoms with Crippen LogP contribution in [0.15, 0.2) is 12.3 Å². The molecular formula is C8H15N3O. The van der Waals surface area contributed by atoms with Gasteiger partial charge in [0, 0.05) is 25.5 Å². The normalized spacial score (nSPS) is 13.2. The predicted molar refractivity (Wildman–Crippen MR) is 46.6 cm³/mol. The molecule has 1 aromatic rings. The maximum absolute atomic E-state index is 9.19. The van der Waals surface area contributed by atoms with Gasteiger partial charge in [0.1, 0.15) is 0 Å². The molecule has 12 heavy (non-hydrogen) atoms. The first-order valence-electron chi connectivity index (χ1n) is 4.09. The van der Waals surface area contributed by atoms with Gasteiger partial charge in [-0.2, -0.15) is 5.10 Å². The first-order chi connectivity index (χ1) is 5.74. The summed E-state index contributed by atoms with van der Waals surface area (Å²) in [7, 11) is 1.89. The Balaban J connectivity index is 2.38. The van der Waals surface area contributed by atoms with Gasteiger partial charge in [-0.15, -0.1) is 0 Å². The van der Waals surface area contributed by atoms with Crippen molar-refractivity contribution in [3.8, 4) is 0 Å². The van der Waals surface area contributed by atoms with Gasteiger partial charge in [-0.25, -0.2) is 0 Å². The van der Waals surface area contributed by atoms with Crippen LogP contribution in [-0.2, 0) is 13.5 Å². The molecule has 1 unspecified atom stereocenters. The highest BCUT2D eigenvalue weighted by Gasteiger charge is 2.03. The number of nitrogens with two attached hydrogens (primary N) is 1. The Hall–Kier alpha value is -0.870. The molecule has 1 atom stereocenters. The number of aryl methyl sites for hydroxylation is 2. The summed E-state index contributed by atoms with van der Waals surface area (Å²) in [5.41, 5.74) is 6.40. The van der Waals surface area contributed by atoms with Crippen molar-refractivity contribution in [3.63, 3.8) is 0 Å². The van der Waals surface area contributed by atoms with E-state index in [1.54, 1.807) is 6.20 Å². The second kappa shape index (κ2) is 4.23. The fourth-order valence-electron chi connectivity index (χ4n) is 1.08. The van der Waals surface area contributed by atoms with E-state index in [1.165, 1.54) is 0 Å². The zero-order valence-corrected chi connectivity index (χ0v) is 7.27. The summed E-state index contributed by atoms with van der Waals surface area (Å²) in [5, 5.41) is 13.2. The summed E-state index contributed by atoms with van der Waals surface area (Å²) in [6.07, 6.45) is 2.90. The monoisotopic (exact) mass is 169 g/mol. The van der Waals surface area contributed by atoms with Gasteiger partial charge in [0.2, 0.25) is 0 Å². The summed E-state index contributed by atoms with van der Waals surface area (Å²) in [6, 6.07) is 1.95. The molecule has 0 amide bonds. The molecule has 0 saturated heterocycles. The third-order valence-electron chi connectivity index (χ3n) is 1.93. The van der Waals surface area contributed by atoms with Crippen molar-refractivity contribution in [2.75, 3.05) is 6.54 Å². The van der Waals surface area contributed by atoms with Crippen LogP contribution in [0.3, 0.4) is 0 Å². The smallest absolute Gasteiger partial charge is 0.0666 e. The number of aromatic nitrogens is 2. The van der Waals surface area contributed by atoms with Crippen LogP contribution in [0.25, 0.3) is 0 Å². The van der Waals surface area contributed by atoms with Crippen molar-refractivity contribution in [2.24, 2.45) is 12.8 Å². The van der Waals surface area contributed by atoms with Gasteiger partial charge in [0.05, 0.1) is 6.10 Å². The lowest BCUT2D eigenvalue weighted by Crippen LogP contribution is -2.20. The fraction of sp³-hybridized carbons (Fsp3) is 0.625. The van der Waals surface area contributed by atoms with Gasteiger partial charge in [-0.05, 0) is 18.9 Å². The molecule has 0 aliphatic heterocycles. The molecule has 68 valence electrons. The molecule has 4 heteroatoms. The molecule has 0 saturated carbocycles. The standard InChI is InChI=1S/C8H15N3O/c1-11-7(4-5-10-11)2-3-8(12)6-9/h4-5,8,12H,2-3,6,9H2,1H3. The van der Waals surface area contributed by atoms with Crippen molar-refractivity contribution >= 4 is 0 Å². The summed E-state index contributed by atoms with van der Waals surface area (Å²) >= 11 is 0. The molecule has 0 aliphatic carbocycles. The molecule has 0 aliphatic rings. The molecule has 1 heterocycles. The quantitative estimate of drug-likeness (QED) is 0.649. The van der Waals surface area contributed by atoms with E-state index >= 15 is 0 Å². The van der Waals surface area contributed by atoms with Gasteiger partial charge in [-0.3, -0.25) is 4.68 Å². The van der Waals surface area contributed by atoms with Gasteiger partial charge in [0.25, 0.3) is 0 Å². The van der Waals surface area contributed by atoms with E-state index in [0.717, 1.165) is 12.1 Å². The molecule has 0 aromatic carbocycles. The zero-order chi connectivity index (χ0) is 8.97. The maximum Gasteiger partial charge on any atom is 0.0666 e. The van der Waals surface area contributed by atoms with Crippen LogP contribution in [-0.4, -0.2) is 27.5 Å². The van der Waals surface area contributed by atoms with Crippen LogP contribution >= 0.6 is 0 Å². The van der Waals surface area contributed by atoms with E-state index < -0.39 is 0 Å². The van der Waals surface area contributed by atoms with Crippen LogP contribution in [0, 0.1) is 0 Å². The van der Waals surface area contributed by atoms with E-state index in [2.05, 4.69) is 5.10 Å². The largest absolute Gasteiger partial charge is 0.392 e. The molecule has 1 rings (SSSR count). The van der Waals surface area contributed by atoms with E-state index in [0.29, 0.717) is 13.0 Å². The summed E-state index contributed by atoms with van der Waals surface area (Å²) in [4.78, 5) is 0. The van der Waals surface area contributed by atoms with Crippen LogP contribution in [0.4, 0.5) is 0 Å². The van der Waals surface area contributed by atoms with E-state index in [-0.39, 0.29) is 6.10 Å². The highest BCUT2D eigenvalue weighted by molar-refractivity contribution is 5.00. The summed E-state index contributed by atoms with van der Waals surface area (Å²) in [5.74, 6) is 0. The number of rotatable bonds is 4. The summed E-state index contributed by atoms with van der Waals surface area (Å²) < 4.78 is 1.81. The lowest BCUT2D eigenvalue weighted by atomic mass is 10.1. The van der Waals surface area contributed by atoms with Crippen LogP contribution in [0.2, 0.25) is 0 Å². The highest BCUT2D eigenvalue weighted by Crippen LogP contribution is 2.02. The zero-order valence-electron chi connectivity index (χ0n) is 7.27. The van der Waals surface area contributed by atoms with Gasteiger partial charge in [-0.1, -0.05) is 0 Å². The number of nitrogens with zero attached hydrogens (tertiary/aromatic N) is 2. The SMILES string of the molecule is Cn1nccc1CCC(O)CN. The molecule has 0 bridgehead atoms. The Kier molecular flexibility index (Phi) is 3.25. The van der Waals surface area contributed by atoms with Crippen LogP contribution in [0.5, 0.6) is 0 Å². The molecule has 1 aromatic heterocycles. The Bertz CT molecular complexity index is 234. The Labute approximate surface area is 72.0 Å². The number of aliphatic hydroxyl groups excluding tert-OH is 1. The van der Waals surface area contributed by atoms with Crippen molar-refractivity contribution in [3.05, 3.63) is 18.0 Å². The lowest BCUT2D eigenvalue weighted by molar-refractivity contribution is 0.172. The second-order valence-electron chi connectivity index (χ2n) is 2.87. The van der Waals surface area contributed by atoms with Crippen LogP contribution < -0.4 is 5.73 Å². The Morgan fingerprint density at radius 3 is 3.00 bits per heavy atom. The Morgan fingerprint density at radius 2 is 2.50 bits per heavy atom. The molecule has 0 spiro atoms. The Morgan fingerprint density at radius 1 is 1.75 bits per heavy atom. The minimum absolute atomic E-state index is 0.331. The number of hydrogen-bond acceptors (Lipinski definition) is 3. The van der Waals surface area contributed by atoms with E-state index in [9.17, 15) is 5.11 Å². The second-order valence-corrected chi connectivity index (χ2v) is 2.87. The van der Waals surface area contributed by atoms with Crippen molar-refractivity contribution < 1.29 is 5.11 Å². The topological polar surface area (TPSA) is 64.1 Å². The average Bonchev–Trinajstić information content (AvgIpc) is 2.47. The molecule has 3 N–H and O–H groups in total. The van der Waals surface area contributed by atoms with Crippen molar-refractivity contribution in [1.82, 2.24) is 9.78 Å². The van der Waals surface area contributed by atoms with Crippen molar-refractivity contribution in [2.45, 2.75) is 18.9 Å². The van der Waals surface area contributed by atoms with Gasteiger partial charge < -0.3 is 10.8 Å².